The first-order valence-electron chi connectivity index (χ1n) is 8.47. The zero-order valence-electron chi connectivity index (χ0n) is 14.6. The van der Waals surface area contributed by atoms with Gasteiger partial charge in [0.15, 0.2) is 0 Å². The number of anilines is 1. The number of hydrogen-bond donors (Lipinski definition) is 2. The van der Waals surface area contributed by atoms with Gasteiger partial charge < -0.3 is 15.4 Å². The summed E-state index contributed by atoms with van der Waals surface area (Å²) in [5.41, 5.74) is -0.0576. The molecule has 0 spiro atoms. The number of halogens is 1. The van der Waals surface area contributed by atoms with Crippen molar-refractivity contribution in [3.63, 3.8) is 0 Å². The molecule has 1 saturated carbocycles. The normalized spacial score (nSPS) is 27.2. The van der Waals surface area contributed by atoms with Crippen LogP contribution in [0.5, 0.6) is 0 Å². The Morgan fingerprint density at radius 1 is 1.12 bits per heavy atom. The second-order valence-corrected chi connectivity index (χ2v) is 7.64. The predicted molar refractivity (Wildman–Crippen MR) is 92.4 cm³/mol. The predicted octanol–water partition coefficient (Wildman–Crippen LogP) is 3.48. The molecule has 25 heavy (non-hydrogen) atoms. The third kappa shape index (κ3) is 4.00. The van der Waals surface area contributed by atoms with Gasteiger partial charge in [0.25, 0.3) is 0 Å². The van der Waals surface area contributed by atoms with Gasteiger partial charge in [-0.15, -0.1) is 0 Å². The van der Waals surface area contributed by atoms with E-state index in [1.54, 1.807) is 20.8 Å². The summed E-state index contributed by atoms with van der Waals surface area (Å²) < 4.78 is 18.3. The van der Waals surface area contributed by atoms with Crippen LogP contribution in [0.15, 0.2) is 36.4 Å². The second-order valence-electron chi connectivity index (χ2n) is 7.64. The third-order valence-corrected chi connectivity index (χ3v) is 4.56. The summed E-state index contributed by atoms with van der Waals surface area (Å²) in [7, 11) is 0. The van der Waals surface area contributed by atoms with E-state index in [4.69, 9.17) is 4.74 Å². The van der Waals surface area contributed by atoms with Crippen LogP contribution in [0.2, 0.25) is 0 Å². The van der Waals surface area contributed by atoms with Crippen LogP contribution in [0, 0.1) is 23.6 Å². The highest BCUT2D eigenvalue weighted by molar-refractivity contribution is 5.94. The minimum Gasteiger partial charge on any atom is -0.444 e. The SMILES string of the molecule is CC(C)(C)OC(=O)N[C@H]1[C@@H](C(=O)Nc2ccc(F)cc2)[C@@H]2C=C[C@H]1C2. The molecule has 1 aromatic carbocycles. The molecule has 6 heteroatoms. The highest BCUT2D eigenvalue weighted by atomic mass is 19.1. The molecule has 0 saturated heterocycles. The fourth-order valence-corrected chi connectivity index (χ4v) is 3.58. The van der Waals surface area contributed by atoms with E-state index in [9.17, 15) is 14.0 Å². The maximum absolute atomic E-state index is 13.0. The van der Waals surface area contributed by atoms with E-state index in [0.717, 1.165) is 6.42 Å². The molecule has 1 aromatic rings. The summed E-state index contributed by atoms with van der Waals surface area (Å²) in [6.45, 7) is 5.39. The number of carbonyl (C=O) groups excluding carboxylic acids is 2. The Morgan fingerprint density at radius 3 is 2.40 bits per heavy atom. The molecule has 2 N–H and O–H groups in total. The molecule has 0 unspecified atom stereocenters. The molecule has 5 nitrogen and oxygen atoms in total. The fraction of sp³-hybridized carbons (Fsp3) is 0.474. The summed E-state index contributed by atoms with van der Waals surface area (Å²) in [5, 5.41) is 5.68. The highest BCUT2D eigenvalue weighted by Crippen LogP contribution is 2.44. The molecular formula is C19H23FN2O3. The van der Waals surface area contributed by atoms with Crippen molar-refractivity contribution >= 4 is 17.7 Å². The van der Waals surface area contributed by atoms with Crippen LogP contribution >= 0.6 is 0 Å². The van der Waals surface area contributed by atoms with Gasteiger partial charge in [0, 0.05) is 5.69 Å². The Hall–Kier alpha value is -2.37. The third-order valence-electron chi connectivity index (χ3n) is 4.56. The number of nitrogens with one attached hydrogen (secondary N) is 2. The van der Waals surface area contributed by atoms with Crippen LogP contribution < -0.4 is 10.6 Å². The van der Waals surface area contributed by atoms with Crippen LogP contribution in [-0.4, -0.2) is 23.6 Å². The van der Waals surface area contributed by atoms with Gasteiger partial charge in [0.05, 0.1) is 12.0 Å². The molecule has 4 atom stereocenters. The lowest BCUT2D eigenvalue weighted by molar-refractivity contribution is -0.121. The van der Waals surface area contributed by atoms with Crippen molar-refractivity contribution in [1.82, 2.24) is 5.32 Å². The number of hydrogen-bond acceptors (Lipinski definition) is 3. The number of amides is 2. The second kappa shape index (κ2) is 6.50. The average Bonchev–Trinajstić information content (AvgIpc) is 3.08. The molecule has 2 aliphatic rings. The molecule has 134 valence electrons. The fourth-order valence-electron chi connectivity index (χ4n) is 3.58. The zero-order valence-corrected chi connectivity index (χ0v) is 14.6. The Kier molecular flexibility index (Phi) is 4.54. The van der Waals surface area contributed by atoms with Gasteiger partial charge in [-0.05, 0) is 63.3 Å². The quantitative estimate of drug-likeness (QED) is 0.824. The summed E-state index contributed by atoms with van der Waals surface area (Å²) >= 11 is 0. The number of ether oxygens (including phenoxy) is 1. The van der Waals surface area contributed by atoms with Gasteiger partial charge in [0.2, 0.25) is 5.91 Å². The Balaban J connectivity index is 1.70. The van der Waals surface area contributed by atoms with Crippen molar-refractivity contribution in [3.05, 3.63) is 42.2 Å². The van der Waals surface area contributed by atoms with E-state index in [1.807, 2.05) is 12.2 Å². The number of rotatable bonds is 3. The molecule has 3 rings (SSSR count). The lowest BCUT2D eigenvalue weighted by Gasteiger charge is -2.29. The van der Waals surface area contributed by atoms with Gasteiger partial charge in [-0.3, -0.25) is 4.79 Å². The first-order valence-corrected chi connectivity index (χ1v) is 8.47. The van der Waals surface area contributed by atoms with Crippen LogP contribution in [0.4, 0.5) is 14.9 Å². The highest BCUT2D eigenvalue weighted by Gasteiger charge is 2.49. The molecule has 0 aromatic heterocycles. The molecule has 0 heterocycles. The number of fused-ring (bicyclic) bond motifs is 2. The van der Waals surface area contributed by atoms with Crippen molar-refractivity contribution in [2.24, 2.45) is 17.8 Å². The van der Waals surface area contributed by atoms with Crippen molar-refractivity contribution < 1.29 is 18.7 Å². The number of alkyl carbamates (subject to hydrolysis) is 1. The molecular weight excluding hydrogens is 323 g/mol. The molecule has 2 aliphatic carbocycles. The molecule has 0 aliphatic heterocycles. The largest absolute Gasteiger partial charge is 0.444 e. The summed E-state index contributed by atoms with van der Waals surface area (Å²) in [6, 6.07) is 5.34. The Labute approximate surface area is 146 Å². The van der Waals surface area contributed by atoms with Crippen molar-refractivity contribution in [1.29, 1.82) is 0 Å². The van der Waals surface area contributed by atoms with Gasteiger partial charge >= 0.3 is 6.09 Å². The van der Waals surface area contributed by atoms with E-state index in [-0.39, 0.29) is 35.5 Å². The van der Waals surface area contributed by atoms with Crippen molar-refractivity contribution in [3.8, 4) is 0 Å². The zero-order chi connectivity index (χ0) is 18.2. The van der Waals surface area contributed by atoms with Gasteiger partial charge in [-0.2, -0.15) is 0 Å². The van der Waals surface area contributed by atoms with E-state index < -0.39 is 11.7 Å². The first kappa shape index (κ1) is 17.5. The minimum absolute atomic E-state index is 0.0883. The lowest BCUT2D eigenvalue weighted by atomic mass is 9.88. The summed E-state index contributed by atoms with van der Waals surface area (Å²) in [4.78, 5) is 24.9. The van der Waals surface area contributed by atoms with E-state index in [2.05, 4.69) is 10.6 Å². The topological polar surface area (TPSA) is 67.4 Å². The van der Waals surface area contributed by atoms with Crippen molar-refractivity contribution in [2.45, 2.75) is 38.8 Å². The first-order chi connectivity index (χ1) is 11.7. The lowest BCUT2D eigenvalue weighted by Crippen LogP contribution is -2.48. The summed E-state index contributed by atoms with van der Waals surface area (Å²) in [6.07, 6.45) is 4.40. The van der Waals surface area contributed by atoms with Crippen molar-refractivity contribution in [2.75, 3.05) is 5.32 Å². The number of carbonyl (C=O) groups is 2. The van der Waals surface area contributed by atoms with E-state index >= 15 is 0 Å². The maximum Gasteiger partial charge on any atom is 0.407 e. The smallest absolute Gasteiger partial charge is 0.407 e. The van der Waals surface area contributed by atoms with Gasteiger partial charge in [-0.1, -0.05) is 12.2 Å². The molecule has 0 radical (unpaired) electrons. The number of benzene rings is 1. The van der Waals surface area contributed by atoms with Crippen LogP contribution in [0.3, 0.4) is 0 Å². The van der Waals surface area contributed by atoms with Crippen LogP contribution in [0.1, 0.15) is 27.2 Å². The summed E-state index contributed by atoms with van der Waals surface area (Å²) in [5.74, 6) is -0.686. The number of allylic oxidation sites excluding steroid dienone is 1. The molecule has 2 amide bonds. The molecule has 1 fully saturated rings. The minimum atomic E-state index is -0.594. The average molecular weight is 346 g/mol. The van der Waals surface area contributed by atoms with Gasteiger partial charge in [0.1, 0.15) is 11.4 Å². The van der Waals surface area contributed by atoms with E-state index in [0.29, 0.717) is 5.69 Å². The standard InChI is InChI=1S/C19H23FN2O3/c1-19(2,3)25-18(24)22-16-12-5-4-11(10-12)15(16)17(23)21-14-8-6-13(20)7-9-14/h4-9,11-12,15-16H,10H2,1-3H3,(H,21,23)(H,22,24)/t11-,12+,15+,16-/m1/s1. The Morgan fingerprint density at radius 2 is 1.76 bits per heavy atom. The maximum atomic E-state index is 13.0. The van der Waals surface area contributed by atoms with Gasteiger partial charge in [-0.25, -0.2) is 9.18 Å². The van der Waals surface area contributed by atoms with E-state index in [1.165, 1.54) is 24.3 Å². The monoisotopic (exact) mass is 346 g/mol. The van der Waals surface area contributed by atoms with Crippen LogP contribution in [-0.2, 0) is 9.53 Å². The molecule has 2 bridgehead atoms. The Bertz CT molecular complexity index is 694. The van der Waals surface area contributed by atoms with Crippen LogP contribution in [0.25, 0.3) is 0 Å².